The first-order valence-corrected chi connectivity index (χ1v) is 5.91. The van der Waals surface area contributed by atoms with Gasteiger partial charge in [-0.15, -0.1) is 0 Å². The maximum atomic E-state index is 11.9. The molecular formula is C11H20N2O3. The van der Waals surface area contributed by atoms with Crippen molar-refractivity contribution < 1.29 is 14.6 Å². The maximum Gasteiger partial charge on any atom is 0.236 e. The topological polar surface area (TPSA) is 53.0 Å². The summed E-state index contributed by atoms with van der Waals surface area (Å²) >= 11 is 0. The van der Waals surface area contributed by atoms with Crippen molar-refractivity contribution in [3.63, 3.8) is 0 Å². The van der Waals surface area contributed by atoms with Crippen LogP contribution in [0.15, 0.2) is 0 Å². The second kappa shape index (κ2) is 5.12. The van der Waals surface area contributed by atoms with Crippen molar-refractivity contribution in [2.24, 2.45) is 0 Å². The summed E-state index contributed by atoms with van der Waals surface area (Å²) in [6.07, 6.45) is 2.16. The van der Waals surface area contributed by atoms with E-state index in [1.54, 1.807) is 0 Å². The highest BCUT2D eigenvalue weighted by Gasteiger charge is 2.31. The summed E-state index contributed by atoms with van der Waals surface area (Å²) in [5.41, 5.74) is 0. The third kappa shape index (κ3) is 2.93. The molecule has 1 saturated carbocycles. The van der Waals surface area contributed by atoms with Gasteiger partial charge in [-0.3, -0.25) is 9.69 Å². The number of likely N-dealkylation sites (N-methyl/N-ethyl adjacent to an activating group) is 1. The Bertz CT molecular complexity index is 256. The zero-order valence-corrected chi connectivity index (χ0v) is 9.76. The molecule has 1 N–H and O–H groups in total. The van der Waals surface area contributed by atoms with Gasteiger partial charge in [-0.05, 0) is 12.8 Å². The van der Waals surface area contributed by atoms with Gasteiger partial charge in [-0.25, -0.2) is 0 Å². The predicted molar refractivity (Wildman–Crippen MR) is 59.1 cm³/mol. The minimum absolute atomic E-state index is 0.0309. The minimum Gasteiger partial charge on any atom is -0.394 e. The van der Waals surface area contributed by atoms with E-state index in [-0.39, 0.29) is 18.6 Å². The zero-order chi connectivity index (χ0) is 11.5. The van der Waals surface area contributed by atoms with Crippen LogP contribution in [-0.4, -0.2) is 72.9 Å². The molecule has 0 aromatic carbocycles. The molecular weight excluding hydrogens is 208 g/mol. The Hall–Kier alpha value is -0.650. The summed E-state index contributed by atoms with van der Waals surface area (Å²) in [7, 11) is 1.88. The fraction of sp³-hybridized carbons (Fsp3) is 0.909. The smallest absolute Gasteiger partial charge is 0.236 e. The van der Waals surface area contributed by atoms with E-state index in [0.717, 1.165) is 19.4 Å². The summed E-state index contributed by atoms with van der Waals surface area (Å²) in [4.78, 5) is 15.8. The van der Waals surface area contributed by atoms with E-state index in [0.29, 0.717) is 25.7 Å². The first-order chi connectivity index (χ1) is 7.70. The van der Waals surface area contributed by atoms with Crippen LogP contribution in [0.2, 0.25) is 0 Å². The Morgan fingerprint density at radius 2 is 2.31 bits per heavy atom. The van der Waals surface area contributed by atoms with Crippen molar-refractivity contribution in [1.82, 2.24) is 9.80 Å². The number of carbonyl (C=O) groups is 1. The van der Waals surface area contributed by atoms with Crippen molar-refractivity contribution in [3.05, 3.63) is 0 Å². The van der Waals surface area contributed by atoms with Gasteiger partial charge >= 0.3 is 0 Å². The number of carbonyl (C=O) groups excluding carboxylic acids is 1. The van der Waals surface area contributed by atoms with Crippen molar-refractivity contribution in [2.45, 2.75) is 25.0 Å². The van der Waals surface area contributed by atoms with E-state index < -0.39 is 0 Å². The third-order valence-electron chi connectivity index (χ3n) is 3.27. The number of ether oxygens (including phenoxy) is 1. The van der Waals surface area contributed by atoms with Gasteiger partial charge in [0.25, 0.3) is 0 Å². The number of aliphatic hydroxyl groups is 1. The molecule has 0 aromatic rings. The standard InChI is InChI=1S/C11H20N2O3/c1-12(9-2-3-9)11(15)7-13-4-5-16-10(6-13)8-14/h9-10,14H,2-8H2,1H3. The molecule has 2 aliphatic rings. The fourth-order valence-corrected chi connectivity index (χ4v) is 2.00. The lowest BCUT2D eigenvalue weighted by atomic mass is 10.3. The summed E-state index contributed by atoms with van der Waals surface area (Å²) in [6.45, 7) is 2.52. The second-order valence-corrected chi connectivity index (χ2v) is 4.65. The van der Waals surface area contributed by atoms with Gasteiger partial charge in [0.05, 0.1) is 25.9 Å². The molecule has 2 rings (SSSR count). The van der Waals surface area contributed by atoms with Gasteiger partial charge in [-0.1, -0.05) is 0 Å². The Labute approximate surface area is 96.0 Å². The minimum atomic E-state index is -0.132. The molecule has 1 amide bonds. The molecule has 0 spiro atoms. The van der Waals surface area contributed by atoms with Gasteiger partial charge < -0.3 is 14.7 Å². The van der Waals surface area contributed by atoms with Gasteiger partial charge in [0.15, 0.2) is 0 Å². The van der Waals surface area contributed by atoms with Crippen LogP contribution in [0.3, 0.4) is 0 Å². The van der Waals surface area contributed by atoms with Crippen molar-refractivity contribution >= 4 is 5.91 Å². The molecule has 1 atom stereocenters. The number of rotatable bonds is 4. The first kappa shape index (κ1) is 11.8. The number of aliphatic hydroxyl groups excluding tert-OH is 1. The number of nitrogens with zero attached hydrogens (tertiary/aromatic N) is 2. The summed E-state index contributed by atoms with van der Waals surface area (Å²) in [6, 6.07) is 0.474. The van der Waals surface area contributed by atoms with Crippen molar-refractivity contribution in [2.75, 3.05) is 39.9 Å². The van der Waals surface area contributed by atoms with Gasteiger partial charge in [0, 0.05) is 26.2 Å². The Morgan fingerprint density at radius 1 is 1.56 bits per heavy atom. The molecule has 0 radical (unpaired) electrons. The molecule has 2 fully saturated rings. The lowest BCUT2D eigenvalue weighted by Gasteiger charge is -2.32. The highest BCUT2D eigenvalue weighted by Crippen LogP contribution is 2.25. The lowest BCUT2D eigenvalue weighted by Crippen LogP contribution is -2.48. The van der Waals surface area contributed by atoms with Gasteiger partial charge in [0.2, 0.25) is 5.91 Å². The Morgan fingerprint density at radius 3 is 2.94 bits per heavy atom. The summed E-state index contributed by atoms with van der Waals surface area (Å²) in [5, 5.41) is 9.00. The first-order valence-electron chi connectivity index (χ1n) is 5.91. The summed E-state index contributed by atoms with van der Waals surface area (Å²) < 4.78 is 5.34. The average Bonchev–Trinajstić information content (AvgIpc) is 3.12. The van der Waals surface area contributed by atoms with Crippen LogP contribution < -0.4 is 0 Å². The molecule has 0 aromatic heterocycles. The maximum absolute atomic E-state index is 11.9. The molecule has 1 unspecified atom stereocenters. The number of amides is 1. The average molecular weight is 228 g/mol. The van der Waals surface area contributed by atoms with E-state index >= 15 is 0 Å². The van der Waals surface area contributed by atoms with Crippen LogP contribution >= 0.6 is 0 Å². The summed E-state index contributed by atoms with van der Waals surface area (Å²) in [5.74, 6) is 0.182. The SMILES string of the molecule is CN(C(=O)CN1CCOC(CO)C1)C1CC1. The molecule has 1 saturated heterocycles. The highest BCUT2D eigenvalue weighted by atomic mass is 16.5. The lowest BCUT2D eigenvalue weighted by molar-refractivity contribution is -0.134. The van der Waals surface area contributed by atoms with Crippen LogP contribution in [0.5, 0.6) is 0 Å². The second-order valence-electron chi connectivity index (χ2n) is 4.65. The number of hydrogen-bond acceptors (Lipinski definition) is 4. The quantitative estimate of drug-likeness (QED) is 0.691. The molecule has 0 bridgehead atoms. The number of hydrogen-bond donors (Lipinski definition) is 1. The van der Waals surface area contributed by atoms with Crippen LogP contribution in [0.4, 0.5) is 0 Å². The molecule has 5 heteroatoms. The normalized spacial score (nSPS) is 26.8. The largest absolute Gasteiger partial charge is 0.394 e. The van der Waals surface area contributed by atoms with Crippen LogP contribution in [0, 0.1) is 0 Å². The van der Waals surface area contributed by atoms with E-state index in [4.69, 9.17) is 9.84 Å². The van der Waals surface area contributed by atoms with Crippen LogP contribution in [0.1, 0.15) is 12.8 Å². The number of morpholine rings is 1. The van der Waals surface area contributed by atoms with Gasteiger partial charge in [0.1, 0.15) is 0 Å². The predicted octanol–water partition coefficient (Wildman–Crippen LogP) is -0.700. The molecule has 1 aliphatic heterocycles. The zero-order valence-electron chi connectivity index (χ0n) is 9.76. The molecule has 92 valence electrons. The molecule has 1 heterocycles. The third-order valence-corrected chi connectivity index (χ3v) is 3.27. The van der Waals surface area contributed by atoms with E-state index in [1.807, 2.05) is 11.9 Å². The van der Waals surface area contributed by atoms with E-state index in [2.05, 4.69) is 4.90 Å². The van der Waals surface area contributed by atoms with Crippen LogP contribution in [-0.2, 0) is 9.53 Å². The van der Waals surface area contributed by atoms with Crippen molar-refractivity contribution in [3.8, 4) is 0 Å². The Balaban J connectivity index is 1.77. The molecule has 5 nitrogen and oxygen atoms in total. The van der Waals surface area contributed by atoms with Gasteiger partial charge in [-0.2, -0.15) is 0 Å². The fourth-order valence-electron chi connectivity index (χ4n) is 2.00. The Kier molecular flexibility index (Phi) is 3.78. The molecule has 1 aliphatic carbocycles. The highest BCUT2D eigenvalue weighted by molar-refractivity contribution is 5.78. The van der Waals surface area contributed by atoms with E-state index in [1.165, 1.54) is 0 Å². The van der Waals surface area contributed by atoms with Crippen molar-refractivity contribution in [1.29, 1.82) is 0 Å². The monoisotopic (exact) mass is 228 g/mol. The van der Waals surface area contributed by atoms with Crippen LogP contribution in [0.25, 0.3) is 0 Å². The molecule has 16 heavy (non-hydrogen) atoms. The van der Waals surface area contributed by atoms with E-state index in [9.17, 15) is 4.79 Å².